The van der Waals surface area contributed by atoms with E-state index in [1.54, 1.807) is 0 Å². The maximum absolute atomic E-state index is 6.90. The number of nitrogens with zero attached hydrogens (tertiary/aromatic N) is 1. The summed E-state index contributed by atoms with van der Waals surface area (Å²) in [5.74, 6) is 2.99. The number of fused-ring (bicyclic) bond motifs is 7. The van der Waals surface area contributed by atoms with E-state index >= 15 is 0 Å². The van der Waals surface area contributed by atoms with Crippen molar-refractivity contribution in [3.8, 4) is 78.9 Å². The number of hydrogen-bond acceptors (Lipinski definition) is 3. The Kier molecular flexibility index (Phi) is 6.53. The van der Waals surface area contributed by atoms with Crippen molar-refractivity contribution in [3.63, 3.8) is 0 Å². The van der Waals surface area contributed by atoms with E-state index in [9.17, 15) is 0 Å². The highest BCUT2D eigenvalue weighted by Crippen LogP contribution is 2.59. The SMILES string of the molecule is CC1(C)c2ccccc2-c2c1ccc1c2Oc2c(cccc2-c2ccc(-c3cc(-c4ccccc4)nc(-c4ccc5ccccc5c4)c3)cc2)O1. The molecular formula is C48H33NO2. The highest BCUT2D eigenvalue weighted by Gasteiger charge is 2.39. The van der Waals surface area contributed by atoms with E-state index in [4.69, 9.17) is 14.5 Å². The van der Waals surface area contributed by atoms with Gasteiger partial charge in [0, 0.05) is 27.7 Å². The summed E-state index contributed by atoms with van der Waals surface area (Å²) in [7, 11) is 0. The lowest BCUT2D eigenvalue weighted by atomic mass is 9.82. The van der Waals surface area contributed by atoms with Gasteiger partial charge in [0.2, 0.25) is 0 Å². The predicted octanol–water partition coefficient (Wildman–Crippen LogP) is 13.1. The van der Waals surface area contributed by atoms with Crippen LogP contribution >= 0.6 is 0 Å². The summed E-state index contributed by atoms with van der Waals surface area (Å²) in [5, 5.41) is 2.42. The molecule has 10 rings (SSSR count). The van der Waals surface area contributed by atoms with Gasteiger partial charge in [-0.1, -0.05) is 147 Å². The van der Waals surface area contributed by atoms with Crippen molar-refractivity contribution >= 4 is 10.8 Å². The molecule has 0 saturated heterocycles. The highest BCUT2D eigenvalue weighted by atomic mass is 16.6. The quantitative estimate of drug-likeness (QED) is 0.189. The van der Waals surface area contributed by atoms with Gasteiger partial charge in [0.05, 0.1) is 11.4 Å². The monoisotopic (exact) mass is 655 g/mol. The Hall–Kier alpha value is -6.45. The molecule has 7 aromatic carbocycles. The molecule has 0 N–H and O–H groups in total. The van der Waals surface area contributed by atoms with Crippen molar-refractivity contribution in [2.75, 3.05) is 0 Å². The highest BCUT2D eigenvalue weighted by molar-refractivity contribution is 5.90. The van der Waals surface area contributed by atoms with Crippen LogP contribution in [0.1, 0.15) is 25.0 Å². The molecule has 2 aliphatic rings. The average Bonchev–Trinajstić information content (AvgIpc) is 3.43. The van der Waals surface area contributed by atoms with Crippen molar-refractivity contribution in [1.29, 1.82) is 0 Å². The largest absolute Gasteiger partial charge is 0.449 e. The van der Waals surface area contributed by atoms with Crippen molar-refractivity contribution in [1.82, 2.24) is 4.98 Å². The zero-order chi connectivity index (χ0) is 34.1. The second kappa shape index (κ2) is 11.3. The molecule has 51 heavy (non-hydrogen) atoms. The number of rotatable bonds is 4. The van der Waals surface area contributed by atoms with E-state index in [-0.39, 0.29) is 5.41 Å². The summed E-state index contributed by atoms with van der Waals surface area (Å²) in [5.41, 5.74) is 13.1. The summed E-state index contributed by atoms with van der Waals surface area (Å²) in [4.78, 5) is 5.16. The summed E-state index contributed by atoms with van der Waals surface area (Å²) < 4.78 is 13.4. The first-order valence-electron chi connectivity index (χ1n) is 17.4. The third-order valence-corrected chi connectivity index (χ3v) is 10.5. The molecular weight excluding hydrogens is 623 g/mol. The minimum atomic E-state index is -0.124. The Labute approximate surface area is 297 Å². The van der Waals surface area contributed by atoms with E-state index in [0.29, 0.717) is 0 Å². The van der Waals surface area contributed by atoms with Crippen LogP contribution in [0, 0.1) is 0 Å². The minimum absolute atomic E-state index is 0.124. The molecule has 0 bridgehead atoms. The number of aromatic nitrogens is 1. The second-order valence-corrected chi connectivity index (χ2v) is 14.0. The Bertz CT molecular complexity index is 2660. The van der Waals surface area contributed by atoms with Crippen molar-refractivity contribution < 1.29 is 9.47 Å². The lowest BCUT2D eigenvalue weighted by Gasteiger charge is -2.26. The fourth-order valence-electron chi connectivity index (χ4n) is 7.87. The Morgan fingerprint density at radius 3 is 1.92 bits per heavy atom. The molecule has 2 heterocycles. The van der Waals surface area contributed by atoms with Gasteiger partial charge >= 0.3 is 0 Å². The predicted molar refractivity (Wildman–Crippen MR) is 208 cm³/mol. The van der Waals surface area contributed by atoms with Crippen LogP contribution in [0.25, 0.3) is 66.7 Å². The van der Waals surface area contributed by atoms with Crippen LogP contribution in [0.5, 0.6) is 23.0 Å². The molecule has 1 aliphatic heterocycles. The topological polar surface area (TPSA) is 31.4 Å². The number of pyridine rings is 1. The molecule has 0 spiro atoms. The van der Waals surface area contributed by atoms with Crippen LogP contribution < -0.4 is 9.47 Å². The summed E-state index contributed by atoms with van der Waals surface area (Å²) in [6.45, 7) is 4.57. The minimum Gasteiger partial charge on any atom is -0.449 e. The van der Waals surface area contributed by atoms with E-state index in [1.165, 1.54) is 27.5 Å². The Morgan fingerprint density at radius 2 is 1.08 bits per heavy atom. The number of para-hydroxylation sites is 1. The Morgan fingerprint density at radius 1 is 0.412 bits per heavy atom. The van der Waals surface area contributed by atoms with Gasteiger partial charge in [-0.2, -0.15) is 0 Å². The van der Waals surface area contributed by atoms with Crippen LogP contribution in [0.15, 0.2) is 164 Å². The summed E-state index contributed by atoms with van der Waals surface area (Å²) in [6, 6.07) is 57.6. The van der Waals surface area contributed by atoms with Gasteiger partial charge in [-0.25, -0.2) is 4.98 Å². The third kappa shape index (κ3) is 4.77. The fraction of sp³-hybridized carbons (Fsp3) is 0.0625. The molecule has 0 atom stereocenters. The molecule has 0 saturated carbocycles. The van der Waals surface area contributed by atoms with Crippen molar-refractivity contribution in [3.05, 3.63) is 175 Å². The third-order valence-electron chi connectivity index (χ3n) is 10.5. The number of benzene rings is 7. The van der Waals surface area contributed by atoms with Gasteiger partial charge in [0.25, 0.3) is 0 Å². The maximum atomic E-state index is 6.90. The van der Waals surface area contributed by atoms with Gasteiger partial charge in [-0.05, 0) is 74.5 Å². The van der Waals surface area contributed by atoms with Gasteiger partial charge in [-0.3, -0.25) is 0 Å². The lowest BCUT2D eigenvalue weighted by molar-refractivity contribution is 0.361. The molecule has 0 amide bonds. The van der Waals surface area contributed by atoms with E-state index in [0.717, 1.165) is 73.3 Å². The molecule has 1 aliphatic carbocycles. The van der Waals surface area contributed by atoms with Gasteiger partial charge in [0.1, 0.15) is 0 Å². The van der Waals surface area contributed by atoms with Crippen LogP contribution in [0.4, 0.5) is 0 Å². The van der Waals surface area contributed by atoms with Crippen LogP contribution in [-0.2, 0) is 5.41 Å². The van der Waals surface area contributed by atoms with Crippen molar-refractivity contribution in [2.24, 2.45) is 0 Å². The van der Waals surface area contributed by atoms with E-state index in [2.05, 4.69) is 159 Å². The maximum Gasteiger partial charge on any atom is 0.178 e. The van der Waals surface area contributed by atoms with Crippen LogP contribution in [-0.4, -0.2) is 4.98 Å². The van der Waals surface area contributed by atoms with Gasteiger partial charge in [0.15, 0.2) is 23.0 Å². The first-order valence-corrected chi connectivity index (χ1v) is 17.4. The molecule has 0 radical (unpaired) electrons. The molecule has 242 valence electrons. The Balaban J connectivity index is 1.04. The zero-order valence-electron chi connectivity index (χ0n) is 28.4. The van der Waals surface area contributed by atoms with Gasteiger partial charge in [-0.15, -0.1) is 0 Å². The summed E-state index contributed by atoms with van der Waals surface area (Å²) >= 11 is 0. The molecule has 1 aromatic heterocycles. The fourth-order valence-corrected chi connectivity index (χ4v) is 7.87. The standard InChI is InChI=1S/C48H33NO2/c1-48(2)39-17-9-8-15-38(39)45-40(48)25-26-44-47(45)51-46-37(16-10-18-43(46)50-44)32-22-19-31(20-23-32)36-28-41(33-12-4-3-5-13-33)49-42(29-36)35-24-21-30-11-6-7-14-34(30)27-35/h3-29H,1-2H3. The van der Waals surface area contributed by atoms with Crippen molar-refractivity contribution in [2.45, 2.75) is 19.3 Å². The summed E-state index contributed by atoms with van der Waals surface area (Å²) in [6.07, 6.45) is 0. The smallest absolute Gasteiger partial charge is 0.178 e. The zero-order valence-corrected chi connectivity index (χ0v) is 28.4. The normalized spacial score (nSPS) is 13.4. The molecule has 0 fully saturated rings. The first kappa shape index (κ1) is 29.5. The lowest BCUT2D eigenvalue weighted by Crippen LogP contribution is -2.15. The number of ether oxygens (including phenoxy) is 2. The average molecular weight is 656 g/mol. The van der Waals surface area contributed by atoms with Crippen LogP contribution in [0.2, 0.25) is 0 Å². The van der Waals surface area contributed by atoms with E-state index < -0.39 is 0 Å². The van der Waals surface area contributed by atoms with Gasteiger partial charge < -0.3 is 9.47 Å². The molecule has 3 nitrogen and oxygen atoms in total. The van der Waals surface area contributed by atoms with Crippen LogP contribution in [0.3, 0.4) is 0 Å². The molecule has 3 heteroatoms. The van der Waals surface area contributed by atoms with E-state index in [1.807, 2.05) is 18.2 Å². The molecule has 8 aromatic rings. The molecule has 0 unspecified atom stereocenters. The first-order chi connectivity index (χ1) is 25.0. The number of hydrogen-bond donors (Lipinski definition) is 0. The second-order valence-electron chi connectivity index (χ2n) is 14.0.